The van der Waals surface area contributed by atoms with Crippen molar-refractivity contribution in [3.63, 3.8) is 0 Å². The van der Waals surface area contributed by atoms with Gasteiger partial charge in [0, 0.05) is 0 Å². The molecule has 186 valence electrons. The zero-order valence-corrected chi connectivity index (χ0v) is 21.2. The van der Waals surface area contributed by atoms with Crippen molar-refractivity contribution in [2.75, 3.05) is 0 Å². The second kappa shape index (κ2) is 18.1. The van der Waals surface area contributed by atoms with E-state index >= 15 is 0 Å². The van der Waals surface area contributed by atoms with E-state index in [2.05, 4.69) is 20.8 Å². The number of carbonyl (C=O) groups is 2. The van der Waals surface area contributed by atoms with Gasteiger partial charge in [0.25, 0.3) is 0 Å². The zero-order chi connectivity index (χ0) is 23.6. The summed E-state index contributed by atoms with van der Waals surface area (Å²) in [6.45, 7) is 6.72. The lowest BCUT2D eigenvalue weighted by molar-refractivity contribution is -0.162. The number of carbonyl (C=O) groups excluding carboxylic acids is 1. The summed E-state index contributed by atoms with van der Waals surface area (Å²) in [5.74, 6) is -1.54. The van der Waals surface area contributed by atoms with Crippen molar-refractivity contribution in [2.45, 2.75) is 136 Å². The average molecular weight is 451 g/mol. The van der Waals surface area contributed by atoms with Gasteiger partial charge in [0.2, 0.25) is 0 Å². The van der Waals surface area contributed by atoms with Crippen LogP contribution >= 0.6 is 0 Å². The molecule has 0 amide bonds. The van der Waals surface area contributed by atoms with E-state index in [4.69, 9.17) is 4.74 Å². The number of esters is 1. The third kappa shape index (κ3) is 13.3. The predicted molar refractivity (Wildman–Crippen MR) is 133 cm³/mol. The van der Waals surface area contributed by atoms with E-state index in [0.717, 1.165) is 31.6 Å². The number of ether oxygens (including phenoxy) is 1. The molecular weight excluding hydrogens is 400 g/mol. The lowest BCUT2D eigenvalue weighted by atomic mass is 9.83. The van der Waals surface area contributed by atoms with E-state index in [1.165, 1.54) is 70.6 Å². The van der Waals surface area contributed by atoms with Gasteiger partial charge < -0.3 is 9.84 Å². The summed E-state index contributed by atoms with van der Waals surface area (Å²) >= 11 is 0. The third-order valence-corrected chi connectivity index (χ3v) is 6.75. The van der Waals surface area contributed by atoms with Crippen LogP contribution in [0, 0.1) is 17.8 Å². The number of unbranched alkanes of at least 4 members (excludes halogenated alkanes) is 10. The maximum absolute atomic E-state index is 12.6. The number of aliphatic carboxylic acids is 1. The highest BCUT2D eigenvalue weighted by Gasteiger charge is 2.35. The van der Waals surface area contributed by atoms with Crippen molar-refractivity contribution in [3.05, 3.63) is 12.2 Å². The molecule has 0 spiro atoms. The van der Waals surface area contributed by atoms with Gasteiger partial charge in [-0.1, -0.05) is 110 Å². The van der Waals surface area contributed by atoms with Crippen molar-refractivity contribution in [1.29, 1.82) is 0 Å². The SMILES string of the molecule is CCCC(CCCCCCCCCCCCCC(C)C)OC(=O)C1CC=CCC1C(=O)O. The molecule has 4 heteroatoms. The smallest absolute Gasteiger partial charge is 0.310 e. The van der Waals surface area contributed by atoms with Crippen LogP contribution in [0.25, 0.3) is 0 Å². The number of carboxylic acids is 1. The van der Waals surface area contributed by atoms with Gasteiger partial charge in [-0.15, -0.1) is 0 Å². The third-order valence-electron chi connectivity index (χ3n) is 6.75. The van der Waals surface area contributed by atoms with E-state index in [0.29, 0.717) is 12.8 Å². The molecule has 0 saturated carbocycles. The first kappa shape index (κ1) is 28.7. The standard InChI is InChI=1S/C28H50O4/c1-4-18-24(32-28(31)26-22-17-16-21-25(26)27(29)30)20-15-13-11-9-7-5-6-8-10-12-14-19-23(2)3/h16-17,23-26H,4-15,18-22H2,1-3H3,(H,29,30). The fourth-order valence-electron chi connectivity index (χ4n) is 4.70. The summed E-state index contributed by atoms with van der Waals surface area (Å²) in [4.78, 5) is 24.1. The lowest BCUT2D eigenvalue weighted by Gasteiger charge is -2.26. The molecule has 0 bridgehead atoms. The van der Waals surface area contributed by atoms with Gasteiger partial charge >= 0.3 is 11.9 Å². The molecule has 1 aliphatic carbocycles. The first-order valence-corrected chi connectivity index (χ1v) is 13.5. The first-order chi connectivity index (χ1) is 15.5. The van der Waals surface area contributed by atoms with Crippen molar-refractivity contribution >= 4 is 11.9 Å². The van der Waals surface area contributed by atoms with Gasteiger partial charge in [-0.2, -0.15) is 0 Å². The normalized spacial score (nSPS) is 19.2. The van der Waals surface area contributed by atoms with Crippen LogP contribution in [0.4, 0.5) is 0 Å². The molecule has 3 atom stereocenters. The summed E-state index contributed by atoms with van der Waals surface area (Å²) in [5.41, 5.74) is 0. The molecule has 3 unspecified atom stereocenters. The van der Waals surface area contributed by atoms with Crippen LogP contribution in [-0.2, 0) is 14.3 Å². The largest absolute Gasteiger partial charge is 0.481 e. The second-order valence-electron chi connectivity index (χ2n) is 10.2. The minimum absolute atomic E-state index is 0.0662. The summed E-state index contributed by atoms with van der Waals surface area (Å²) in [6, 6.07) is 0. The van der Waals surface area contributed by atoms with Crippen molar-refractivity contribution in [2.24, 2.45) is 17.8 Å². The zero-order valence-electron chi connectivity index (χ0n) is 21.2. The number of hydrogen-bond donors (Lipinski definition) is 1. The van der Waals surface area contributed by atoms with E-state index in [1.807, 2.05) is 12.2 Å². The Labute approximate surface area is 197 Å². The monoisotopic (exact) mass is 450 g/mol. The van der Waals surface area contributed by atoms with Gasteiger partial charge in [-0.05, 0) is 38.0 Å². The maximum Gasteiger partial charge on any atom is 0.310 e. The molecule has 0 aromatic carbocycles. The fraction of sp³-hybridized carbons (Fsp3) is 0.857. The molecular formula is C28H50O4. The highest BCUT2D eigenvalue weighted by Crippen LogP contribution is 2.28. The first-order valence-electron chi connectivity index (χ1n) is 13.5. The predicted octanol–water partition coefficient (Wildman–Crippen LogP) is 8.09. The minimum Gasteiger partial charge on any atom is -0.481 e. The van der Waals surface area contributed by atoms with Crippen LogP contribution in [0.15, 0.2) is 12.2 Å². The number of allylic oxidation sites excluding steroid dienone is 2. The van der Waals surface area contributed by atoms with Crippen LogP contribution in [0.2, 0.25) is 0 Å². The number of rotatable bonds is 19. The van der Waals surface area contributed by atoms with Crippen molar-refractivity contribution in [3.8, 4) is 0 Å². The molecule has 0 aromatic rings. The molecule has 0 aliphatic heterocycles. The Morgan fingerprint density at radius 1 is 0.781 bits per heavy atom. The second-order valence-corrected chi connectivity index (χ2v) is 10.2. The van der Waals surface area contributed by atoms with Gasteiger partial charge in [-0.3, -0.25) is 9.59 Å². The Morgan fingerprint density at radius 3 is 1.72 bits per heavy atom. The van der Waals surface area contributed by atoms with Crippen LogP contribution in [-0.4, -0.2) is 23.1 Å². The van der Waals surface area contributed by atoms with E-state index in [9.17, 15) is 14.7 Å². The van der Waals surface area contributed by atoms with Gasteiger partial charge in [-0.25, -0.2) is 0 Å². The molecule has 4 nitrogen and oxygen atoms in total. The summed E-state index contributed by atoms with van der Waals surface area (Å²) in [7, 11) is 0. The van der Waals surface area contributed by atoms with E-state index < -0.39 is 17.8 Å². The fourth-order valence-corrected chi connectivity index (χ4v) is 4.70. The topological polar surface area (TPSA) is 63.6 Å². The molecule has 1 N–H and O–H groups in total. The quantitative estimate of drug-likeness (QED) is 0.123. The highest BCUT2D eigenvalue weighted by molar-refractivity contribution is 5.81. The Bertz CT molecular complexity index is 526. The Morgan fingerprint density at radius 2 is 1.25 bits per heavy atom. The number of hydrogen-bond acceptors (Lipinski definition) is 3. The van der Waals surface area contributed by atoms with Gasteiger partial charge in [0.15, 0.2) is 0 Å². The molecule has 1 aliphatic rings. The number of carboxylic acid groups (broad SMARTS) is 1. The van der Waals surface area contributed by atoms with Crippen LogP contribution in [0.1, 0.15) is 130 Å². The summed E-state index contributed by atoms with van der Waals surface area (Å²) in [6.07, 6.45) is 23.2. The van der Waals surface area contributed by atoms with Crippen LogP contribution in [0.3, 0.4) is 0 Å². The highest BCUT2D eigenvalue weighted by atomic mass is 16.5. The summed E-state index contributed by atoms with van der Waals surface area (Å²) < 4.78 is 5.79. The van der Waals surface area contributed by atoms with Gasteiger partial charge in [0.1, 0.15) is 6.10 Å². The molecule has 0 saturated heterocycles. The van der Waals surface area contributed by atoms with Crippen LogP contribution < -0.4 is 0 Å². The van der Waals surface area contributed by atoms with E-state index in [1.54, 1.807) is 0 Å². The maximum atomic E-state index is 12.6. The molecule has 0 fully saturated rings. The van der Waals surface area contributed by atoms with Crippen molar-refractivity contribution < 1.29 is 19.4 Å². The van der Waals surface area contributed by atoms with Crippen molar-refractivity contribution in [1.82, 2.24) is 0 Å². The minimum atomic E-state index is -0.894. The Balaban J connectivity index is 2.11. The summed E-state index contributed by atoms with van der Waals surface area (Å²) in [5, 5.41) is 9.40. The molecule has 0 radical (unpaired) electrons. The Kier molecular flexibility index (Phi) is 16.3. The molecule has 0 aromatic heterocycles. The van der Waals surface area contributed by atoms with E-state index in [-0.39, 0.29) is 12.1 Å². The molecule has 1 rings (SSSR count). The van der Waals surface area contributed by atoms with Crippen LogP contribution in [0.5, 0.6) is 0 Å². The Hall–Kier alpha value is -1.32. The average Bonchev–Trinajstić information content (AvgIpc) is 2.76. The molecule has 32 heavy (non-hydrogen) atoms. The lowest BCUT2D eigenvalue weighted by Crippen LogP contribution is -2.34. The molecule has 0 heterocycles. The van der Waals surface area contributed by atoms with Gasteiger partial charge in [0.05, 0.1) is 11.8 Å².